The van der Waals surface area contributed by atoms with Crippen LogP contribution in [0.5, 0.6) is 0 Å². The highest BCUT2D eigenvalue weighted by Gasteiger charge is 2.26. The average molecular weight is 270 g/mol. The molecule has 1 heterocycles. The molecule has 0 spiro atoms. The highest BCUT2D eigenvalue weighted by atomic mass is 16.5. The minimum absolute atomic E-state index is 0.0903. The molecule has 4 nitrogen and oxygen atoms in total. The van der Waals surface area contributed by atoms with E-state index in [2.05, 4.69) is 38.0 Å². The van der Waals surface area contributed by atoms with Crippen LogP contribution in [0.3, 0.4) is 0 Å². The molecule has 112 valence electrons. The van der Waals surface area contributed by atoms with Crippen LogP contribution in [0.4, 0.5) is 0 Å². The van der Waals surface area contributed by atoms with E-state index in [0.717, 1.165) is 32.5 Å². The summed E-state index contributed by atoms with van der Waals surface area (Å²) in [4.78, 5) is 13.6. The van der Waals surface area contributed by atoms with E-state index in [1.165, 1.54) is 7.11 Å². The van der Waals surface area contributed by atoms with Crippen LogP contribution in [0.15, 0.2) is 0 Å². The van der Waals surface area contributed by atoms with Gasteiger partial charge in [-0.1, -0.05) is 20.8 Å². The van der Waals surface area contributed by atoms with Crippen molar-refractivity contribution in [2.45, 2.75) is 46.1 Å². The van der Waals surface area contributed by atoms with Gasteiger partial charge in [0, 0.05) is 32.1 Å². The molecular weight excluding hydrogens is 240 g/mol. The fourth-order valence-corrected chi connectivity index (χ4v) is 2.67. The molecule has 2 unspecified atom stereocenters. The number of esters is 1. The van der Waals surface area contributed by atoms with Crippen LogP contribution in [0.25, 0.3) is 0 Å². The van der Waals surface area contributed by atoms with E-state index in [1.807, 2.05) is 0 Å². The molecule has 4 heteroatoms. The summed E-state index contributed by atoms with van der Waals surface area (Å²) in [6, 6.07) is 0.542. The van der Waals surface area contributed by atoms with Crippen LogP contribution >= 0.6 is 0 Å². The first-order valence-electron chi connectivity index (χ1n) is 7.29. The van der Waals surface area contributed by atoms with Crippen molar-refractivity contribution in [1.82, 2.24) is 10.2 Å². The lowest BCUT2D eigenvalue weighted by molar-refractivity contribution is -0.141. The van der Waals surface area contributed by atoms with Gasteiger partial charge in [-0.2, -0.15) is 0 Å². The lowest BCUT2D eigenvalue weighted by atomic mass is 9.89. The maximum atomic E-state index is 11.2. The Labute approximate surface area is 117 Å². The lowest BCUT2D eigenvalue weighted by Gasteiger charge is -2.37. The Hall–Kier alpha value is -0.610. The van der Waals surface area contributed by atoms with Crippen molar-refractivity contribution in [3.05, 3.63) is 0 Å². The van der Waals surface area contributed by atoms with E-state index in [0.29, 0.717) is 23.8 Å². The third kappa shape index (κ3) is 6.92. The smallest absolute Gasteiger partial charge is 0.305 e. The molecule has 1 aliphatic heterocycles. The summed E-state index contributed by atoms with van der Waals surface area (Å²) in [6.07, 6.45) is 2.64. The molecule has 1 aliphatic rings. The van der Waals surface area contributed by atoms with Gasteiger partial charge in [-0.25, -0.2) is 0 Å². The Balaban J connectivity index is 2.37. The van der Waals surface area contributed by atoms with Gasteiger partial charge < -0.3 is 15.0 Å². The van der Waals surface area contributed by atoms with Crippen LogP contribution in [-0.4, -0.2) is 50.7 Å². The fourth-order valence-electron chi connectivity index (χ4n) is 2.67. The first-order valence-corrected chi connectivity index (χ1v) is 7.29. The standard InChI is InChI=1S/C15H30N2O2/c1-15(2,3)11-16-13-8-12(9-17(4)10-13)6-7-14(18)19-5/h12-13,16H,6-11H2,1-5H3. The predicted molar refractivity (Wildman–Crippen MR) is 78.1 cm³/mol. The van der Waals surface area contributed by atoms with Crippen molar-refractivity contribution >= 4 is 5.97 Å². The molecule has 0 saturated carbocycles. The van der Waals surface area contributed by atoms with Gasteiger partial charge in [0.2, 0.25) is 0 Å². The van der Waals surface area contributed by atoms with Gasteiger partial charge in [-0.05, 0) is 31.2 Å². The maximum absolute atomic E-state index is 11.2. The van der Waals surface area contributed by atoms with Gasteiger partial charge in [0.1, 0.15) is 0 Å². The van der Waals surface area contributed by atoms with Crippen LogP contribution in [0.2, 0.25) is 0 Å². The van der Waals surface area contributed by atoms with Crippen molar-refractivity contribution in [3.8, 4) is 0 Å². The van der Waals surface area contributed by atoms with Gasteiger partial charge in [-0.15, -0.1) is 0 Å². The summed E-state index contributed by atoms with van der Waals surface area (Å²) < 4.78 is 4.72. The van der Waals surface area contributed by atoms with Crippen LogP contribution in [0.1, 0.15) is 40.0 Å². The number of ether oxygens (including phenoxy) is 1. The number of likely N-dealkylation sites (tertiary alicyclic amines) is 1. The zero-order chi connectivity index (χ0) is 14.5. The normalized spacial score (nSPS) is 25.3. The van der Waals surface area contributed by atoms with E-state index in [4.69, 9.17) is 4.74 Å². The fraction of sp³-hybridized carbons (Fsp3) is 0.933. The van der Waals surface area contributed by atoms with Crippen LogP contribution < -0.4 is 5.32 Å². The first kappa shape index (κ1) is 16.4. The predicted octanol–water partition coefficient (Wildman–Crippen LogP) is 1.90. The Morgan fingerprint density at radius 2 is 2.05 bits per heavy atom. The number of carbonyl (C=O) groups is 1. The second kappa shape index (κ2) is 7.25. The molecule has 0 aromatic carbocycles. The van der Waals surface area contributed by atoms with Gasteiger partial charge in [0.25, 0.3) is 0 Å². The number of nitrogens with one attached hydrogen (secondary N) is 1. The second-order valence-corrected chi connectivity index (χ2v) is 7.08. The topological polar surface area (TPSA) is 41.6 Å². The molecule has 0 radical (unpaired) electrons. The number of piperidine rings is 1. The summed E-state index contributed by atoms with van der Waals surface area (Å²) in [6.45, 7) is 9.98. The summed E-state index contributed by atoms with van der Waals surface area (Å²) in [5.41, 5.74) is 0.317. The Morgan fingerprint density at radius 3 is 2.63 bits per heavy atom. The van der Waals surface area contributed by atoms with Gasteiger partial charge in [0.05, 0.1) is 7.11 Å². The van der Waals surface area contributed by atoms with E-state index in [9.17, 15) is 4.79 Å². The molecule has 1 saturated heterocycles. The lowest BCUT2D eigenvalue weighted by Crippen LogP contribution is -2.49. The van der Waals surface area contributed by atoms with Crippen LogP contribution in [0, 0.1) is 11.3 Å². The van der Waals surface area contributed by atoms with Crippen molar-refractivity contribution in [3.63, 3.8) is 0 Å². The number of carbonyl (C=O) groups excluding carboxylic acids is 1. The first-order chi connectivity index (χ1) is 8.80. The SMILES string of the molecule is COC(=O)CCC1CC(NCC(C)(C)C)CN(C)C1. The quantitative estimate of drug-likeness (QED) is 0.775. The molecule has 0 aromatic rings. The monoisotopic (exact) mass is 270 g/mol. The summed E-state index contributed by atoms with van der Waals surface area (Å²) in [5.74, 6) is 0.503. The third-order valence-corrected chi connectivity index (χ3v) is 3.63. The summed E-state index contributed by atoms with van der Waals surface area (Å²) >= 11 is 0. The molecule has 19 heavy (non-hydrogen) atoms. The van der Waals surface area contributed by atoms with Gasteiger partial charge in [0.15, 0.2) is 0 Å². The number of nitrogens with zero attached hydrogens (tertiary/aromatic N) is 1. The highest BCUT2D eigenvalue weighted by Crippen LogP contribution is 2.21. The van der Waals surface area contributed by atoms with Crippen molar-refractivity contribution < 1.29 is 9.53 Å². The molecule has 0 aliphatic carbocycles. The largest absolute Gasteiger partial charge is 0.469 e. The van der Waals surface area contributed by atoms with Crippen molar-refractivity contribution in [2.75, 3.05) is 33.8 Å². The minimum atomic E-state index is -0.0903. The molecular formula is C15H30N2O2. The molecule has 2 atom stereocenters. The van der Waals surface area contributed by atoms with Gasteiger partial charge >= 0.3 is 5.97 Å². The molecule has 1 N–H and O–H groups in total. The molecule has 1 rings (SSSR count). The van der Waals surface area contributed by atoms with E-state index in [-0.39, 0.29) is 5.97 Å². The molecule has 0 aromatic heterocycles. The number of rotatable bonds is 5. The molecule has 0 bridgehead atoms. The Kier molecular flexibility index (Phi) is 6.27. The van der Waals surface area contributed by atoms with E-state index < -0.39 is 0 Å². The van der Waals surface area contributed by atoms with Crippen molar-refractivity contribution in [2.24, 2.45) is 11.3 Å². The number of likely N-dealkylation sites (N-methyl/N-ethyl adjacent to an activating group) is 1. The van der Waals surface area contributed by atoms with Gasteiger partial charge in [-0.3, -0.25) is 4.79 Å². The Bertz CT molecular complexity index is 286. The van der Waals surface area contributed by atoms with E-state index >= 15 is 0 Å². The molecule has 1 fully saturated rings. The average Bonchev–Trinajstić information content (AvgIpc) is 2.32. The van der Waals surface area contributed by atoms with Crippen LogP contribution in [-0.2, 0) is 9.53 Å². The third-order valence-electron chi connectivity index (χ3n) is 3.63. The van der Waals surface area contributed by atoms with E-state index in [1.54, 1.807) is 0 Å². The maximum Gasteiger partial charge on any atom is 0.305 e. The summed E-state index contributed by atoms with van der Waals surface area (Å²) in [5, 5.41) is 3.67. The number of hydrogen-bond donors (Lipinski definition) is 1. The Morgan fingerprint density at radius 1 is 1.37 bits per heavy atom. The minimum Gasteiger partial charge on any atom is -0.469 e. The molecule has 0 amide bonds. The number of methoxy groups -OCH3 is 1. The number of hydrogen-bond acceptors (Lipinski definition) is 4. The van der Waals surface area contributed by atoms with Crippen molar-refractivity contribution in [1.29, 1.82) is 0 Å². The zero-order valence-electron chi connectivity index (χ0n) is 13.2. The highest BCUT2D eigenvalue weighted by molar-refractivity contribution is 5.69. The zero-order valence-corrected chi connectivity index (χ0v) is 13.2. The second-order valence-electron chi connectivity index (χ2n) is 7.08. The summed E-state index contributed by atoms with van der Waals surface area (Å²) in [7, 11) is 3.62.